The van der Waals surface area contributed by atoms with Crippen LogP contribution in [0, 0.1) is 0 Å². The number of nitrogens with zero attached hydrogens (tertiary/aromatic N) is 2. The Morgan fingerprint density at radius 1 is 0.895 bits per heavy atom. The Kier molecular flexibility index (Phi) is 2.97. The number of halogens is 1. The summed E-state index contributed by atoms with van der Waals surface area (Å²) in [6.07, 6.45) is 3.02. The van der Waals surface area contributed by atoms with Gasteiger partial charge in [0.1, 0.15) is 0 Å². The van der Waals surface area contributed by atoms with Crippen LogP contribution in [0.25, 0.3) is 21.8 Å². The Morgan fingerprint density at radius 2 is 1.63 bits per heavy atom. The highest BCUT2D eigenvalue weighted by atomic mass is 127. The van der Waals surface area contributed by atoms with Crippen molar-refractivity contribution in [3.05, 3.63) is 42.7 Å². The van der Waals surface area contributed by atoms with Crippen LogP contribution in [0.15, 0.2) is 42.7 Å². The summed E-state index contributed by atoms with van der Waals surface area (Å²) >= 11 is -5.82. The fraction of sp³-hybridized carbons (Fsp3) is 0. The predicted octanol–water partition coefficient (Wildman–Crippen LogP) is -3.94. The van der Waals surface area contributed by atoms with Gasteiger partial charge in [-0.1, -0.05) is 9.13 Å². The Hall–Kier alpha value is -1.55. The maximum atomic E-state index is 10.9. The molecule has 0 spiro atoms. The molecule has 2 heterocycles. The van der Waals surface area contributed by atoms with Crippen molar-refractivity contribution in [2.75, 3.05) is 0 Å². The minimum absolute atomic E-state index is 0.000000000000000444. The second kappa shape index (κ2) is 4.53. The second-order valence-corrected chi connectivity index (χ2v) is 6.39. The molecule has 0 unspecified atom stereocenters. The molecule has 0 amide bonds. The quantitative estimate of drug-likeness (QED) is 0.337. The van der Waals surface area contributed by atoms with Gasteiger partial charge in [0.05, 0.1) is 16.4 Å². The van der Waals surface area contributed by atoms with E-state index in [1.165, 1.54) is 12.3 Å². The molecule has 19 heavy (non-hydrogen) atoms. The van der Waals surface area contributed by atoms with E-state index in [4.69, 9.17) is 0 Å². The number of fused-ring (bicyclic) bond motifs is 3. The van der Waals surface area contributed by atoms with Crippen LogP contribution in [-0.4, -0.2) is 9.97 Å². The van der Waals surface area contributed by atoms with Crippen molar-refractivity contribution in [3.63, 3.8) is 0 Å². The van der Waals surface area contributed by atoms with Crippen molar-refractivity contribution in [2.45, 2.75) is 0 Å². The van der Waals surface area contributed by atoms with E-state index in [1.807, 2.05) is 0 Å². The summed E-state index contributed by atoms with van der Waals surface area (Å²) in [6, 6.07) is 8.33. The first-order valence-corrected chi connectivity index (χ1v) is 8.80. The molecule has 0 aliphatic carbocycles. The van der Waals surface area contributed by atoms with Crippen molar-refractivity contribution in [1.82, 2.24) is 9.97 Å². The summed E-state index contributed by atoms with van der Waals surface area (Å²) in [7, 11) is 0. The largest absolute Gasteiger partial charge is 0.439 e. The lowest BCUT2D eigenvalue weighted by atomic mass is 10.1. The van der Waals surface area contributed by atoms with Crippen molar-refractivity contribution in [1.29, 1.82) is 0 Å². The van der Waals surface area contributed by atoms with E-state index in [2.05, 4.69) is 13.0 Å². The Balaban J connectivity index is 2.36. The summed E-state index contributed by atoms with van der Waals surface area (Å²) in [5, 5.41) is 1.16. The van der Waals surface area contributed by atoms with Gasteiger partial charge in [-0.05, 0) is 18.2 Å². The standard InChI is InChI=1S/C12H7IN2O4/c16-13(17,18)19-11-5-7-15-10-4-3-9-8(12(10)11)2-1-6-14-9/h1-7H. The highest BCUT2D eigenvalue weighted by molar-refractivity contribution is 6.07. The summed E-state index contributed by atoms with van der Waals surface area (Å²) in [4.78, 5) is 8.29. The van der Waals surface area contributed by atoms with E-state index >= 15 is 0 Å². The van der Waals surface area contributed by atoms with Crippen LogP contribution in [0.3, 0.4) is 0 Å². The zero-order chi connectivity index (χ0) is 13.5. The summed E-state index contributed by atoms with van der Waals surface area (Å²) in [5.74, 6) is 0.000000000000000444. The third-order valence-corrected chi connectivity index (χ3v) is 3.64. The number of pyridine rings is 2. The molecule has 0 aliphatic rings. The van der Waals surface area contributed by atoms with Crippen LogP contribution in [0.1, 0.15) is 0 Å². The van der Waals surface area contributed by atoms with Gasteiger partial charge in [0, 0.05) is 23.8 Å². The SMILES string of the molecule is [O-][I+3]([O-])([O-])Oc1ccnc2ccc3ncccc3c12. The van der Waals surface area contributed by atoms with E-state index in [9.17, 15) is 10.3 Å². The van der Waals surface area contributed by atoms with Crippen LogP contribution >= 0.6 is 0 Å². The van der Waals surface area contributed by atoms with Gasteiger partial charge < -0.3 is 0 Å². The number of aromatic nitrogens is 2. The van der Waals surface area contributed by atoms with Crippen molar-refractivity contribution in [2.24, 2.45) is 0 Å². The van der Waals surface area contributed by atoms with Crippen LogP contribution in [0.2, 0.25) is 0 Å². The van der Waals surface area contributed by atoms with E-state index in [1.54, 1.807) is 30.5 Å². The molecule has 7 heteroatoms. The molecule has 1 aromatic carbocycles. The van der Waals surface area contributed by atoms with Crippen molar-refractivity contribution < 1.29 is 33.5 Å². The zero-order valence-electron chi connectivity index (χ0n) is 9.45. The number of benzene rings is 1. The van der Waals surface area contributed by atoms with Gasteiger partial charge in [0.25, 0.3) is 5.75 Å². The van der Waals surface area contributed by atoms with Gasteiger partial charge >= 0.3 is 20.1 Å². The maximum absolute atomic E-state index is 10.9. The van der Waals surface area contributed by atoms with Crippen LogP contribution in [-0.2, 0) is 0 Å². The summed E-state index contributed by atoms with van der Waals surface area (Å²) < 4.78 is 37.2. The van der Waals surface area contributed by atoms with Gasteiger partial charge in [0.2, 0.25) is 0 Å². The Labute approximate surface area is 114 Å². The first-order valence-electron chi connectivity index (χ1n) is 5.27. The monoisotopic (exact) mass is 370 g/mol. The third-order valence-electron chi connectivity index (χ3n) is 2.63. The third kappa shape index (κ3) is 2.45. The lowest BCUT2D eigenvalue weighted by Crippen LogP contribution is -4.25. The molecule has 2 aromatic heterocycles. The fourth-order valence-electron chi connectivity index (χ4n) is 1.94. The molecule has 0 saturated heterocycles. The number of hydrogen-bond donors (Lipinski definition) is 0. The van der Waals surface area contributed by atoms with Crippen molar-refractivity contribution in [3.8, 4) is 5.75 Å². The minimum Gasteiger partial charge on any atom is -0.256 e. The van der Waals surface area contributed by atoms with Crippen LogP contribution in [0.5, 0.6) is 5.75 Å². The average molecular weight is 370 g/mol. The van der Waals surface area contributed by atoms with E-state index < -0.39 is 20.1 Å². The molecule has 3 rings (SSSR count). The first kappa shape index (κ1) is 12.5. The minimum atomic E-state index is -5.82. The Morgan fingerprint density at radius 3 is 2.42 bits per heavy atom. The highest BCUT2D eigenvalue weighted by Gasteiger charge is 2.30. The lowest BCUT2D eigenvalue weighted by molar-refractivity contribution is -1.91. The van der Waals surface area contributed by atoms with E-state index in [0.29, 0.717) is 21.8 Å². The van der Waals surface area contributed by atoms with E-state index in [-0.39, 0.29) is 5.75 Å². The highest BCUT2D eigenvalue weighted by Crippen LogP contribution is 2.29. The number of hydrogen-bond acceptors (Lipinski definition) is 6. The van der Waals surface area contributed by atoms with Gasteiger partial charge in [-0.25, -0.2) is 10.3 Å². The van der Waals surface area contributed by atoms with Crippen LogP contribution in [0.4, 0.5) is 0 Å². The zero-order valence-corrected chi connectivity index (χ0v) is 11.6. The molecule has 6 nitrogen and oxygen atoms in total. The first-order chi connectivity index (χ1) is 9.04. The van der Waals surface area contributed by atoms with Crippen LogP contribution < -0.4 is 33.5 Å². The van der Waals surface area contributed by atoms with E-state index in [0.717, 1.165) is 0 Å². The lowest BCUT2D eigenvalue weighted by Gasteiger charge is -2.08. The molecule has 0 atom stereocenters. The molecule has 0 radical (unpaired) electrons. The second-order valence-electron chi connectivity index (χ2n) is 3.79. The smallest absolute Gasteiger partial charge is 0.256 e. The van der Waals surface area contributed by atoms with Gasteiger partial charge in [0.15, 0.2) is 0 Å². The summed E-state index contributed by atoms with van der Waals surface area (Å²) in [6.45, 7) is 0. The molecular formula is C12H7IN2O4. The fourth-order valence-corrected chi connectivity index (χ4v) is 2.89. The Bertz CT molecular complexity index is 757. The topological polar surface area (TPSA) is 104 Å². The molecule has 0 bridgehead atoms. The summed E-state index contributed by atoms with van der Waals surface area (Å²) in [5.41, 5.74) is 1.22. The molecule has 0 saturated carbocycles. The van der Waals surface area contributed by atoms with Gasteiger partial charge in [-0.15, -0.1) is 0 Å². The molecule has 0 N–H and O–H groups in total. The number of rotatable bonds is 2. The maximum Gasteiger partial charge on any atom is 0.439 e. The van der Waals surface area contributed by atoms with Gasteiger partial charge in [-0.3, -0.25) is 9.97 Å². The molecular weight excluding hydrogens is 363 g/mol. The normalized spacial score (nSPS) is 11.9. The van der Waals surface area contributed by atoms with Crippen molar-refractivity contribution >= 4 is 21.8 Å². The predicted molar refractivity (Wildman–Crippen MR) is 57.7 cm³/mol. The molecule has 96 valence electrons. The molecule has 0 fully saturated rings. The average Bonchev–Trinajstić information content (AvgIpc) is 2.37. The molecule has 0 aliphatic heterocycles. The van der Waals surface area contributed by atoms with Gasteiger partial charge in [-0.2, -0.15) is 0 Å². The molecule has 3 aromatic rings.